The van der Waals surface area contributed by atoms with Gasteiger partial charge in [-0.1, -0.05) is 26.0 Å². The molecule has 0 bridgehead atoms. The van der Waals surface area contributed by atoms with E-state index in [0.29, 0.717) is 18.0 Å². The van der Waals surface area contributed by atoms with Gasteiger partial charge >= 0.3 is 0 Å². The molecule has 0 fully saturated rings. The Bertz CT molecular complexity index is 198. The van der Waals surface area contributed by atoms with Crippen LogP contribution in [0.15, 0.2) is 12.2 Å². The Labute approximate surface area is 80.6 Å². The number of rotatable bonds is 2. The van der Waals surface area contributed by atoms with Crippen molar-refractivity contribution in [2.75, 3.05) is 0 Å². The molecule has 1 unspecified atom stereocenters. The number of carbonyl (C=O) groups excluding carboxylic acids is 1. The van der Waals surface area contributed by atoms with Crippen LogP contribution in [-0.2, 0) is 4.79 Å². The summed E-state index contributed by atoms with van der Waals surface area (Å²) in [6.45, 7) is 6.46. The molecule has 13 heavy (non-hydrogen) atoms. The van der Waals surface area contributed by atoms with Gasteiger partial charge in [-0.3, -0.25) is 4.79 Å². The van der Waals surface area contributed by atoms with Crippen molar-refractivity contribution in [1.29, 1.82) is 0 Å². The van der Waals surface area contributed by atoms with Crippen molar-refractivity contribution < 1.29 is 4.79 Å². The third kappa shape index (κ3) is 2.33. The Hall–Kier alpha value is -0.790. The molecule has 1 amide bonds. The second-order valence-electron chi connectivity index (χ2n) is 4.16. The summed E-state index contributed by atoms with van der Waals surface area (Å²) in [5, 5.41) is 0. The molecule has 0 saturated heterocycles. The van der Waals surface area contributed by atoms with Crippen molar-refractivity contribution in [3.8, 4) is 0 Å². The fourth-order valence-electron chi connectivity index (χ4n) is 1.90. The monoisotopic (exact) mass is 181 g/mol. The molecule has 0 aromatic rings. The van der Waals surface area contributed by atoms with E-state index in [9.17, 15) is 4.79 Å². The zero-order valence-corrected chi connectivity index (χ0v) is 8.73. The fourth-order valence-corrected chi connectivity index (χ4v) is 1.90. The van der Waals surface area contributed by atoms with E-state index in [2.05, 4.69) is 32.9 Å². The molecular formula is C11H19NO. The molecule has 1 aliphatic heterocycles. The highest BCUT2D eigenvalue weighted by Crippen LogP contribution is 2.21. The van der Waals surface area contributed by atoms with Gasteiger partial charge in [0.05, 0.1) is 0 Å². The number of hydrogen-bond acceptors (Lipinski definition) is 1. The lowest BCUT2D eigenvalue weighted by atomic mass is 9.99. The first kappa shape index (κ1) is 10.3. The van der Waals surface area contributed by atoms with Gasteiger partial charge in [0.15, 0.2) is 0 Å². The van der Waals surface area contributed by atoms with Gasteiger partial charge in [-0.25, -0.2) is 0 Å². The van der Waals surface area contributed by atoms with E-state index in [0.717, 1.165) is 19.3 Å². The Balaban J connectivity index is 2.76. The van der Waals surface area contributed by atoms with Crippen molar-refractivity contribution in [2.24, 2.45) is 5.92 Å². The van der Waals surface area contributed by atoms with Crippen LogP contribution in [0.1, 0.15) is 33.6 Å². The van der Waals surface area contributed by atoms with Gasteiger partial charge in [0.1, 0.15) is 0 Å². The van der Waals surface area contributed by atoms with E-state index >= 15 is 0 Å². The standard InChI is InChI=1S/C11H19NO/c1-9(2)11-7-5-4-6-10(3)12(11)8-13/h4-5,8-11H,6-7H2,1-3H3/t10?,11-/m1/s1. The van der Waals surface area contributed by atoms with Crippen molar-refractivity contribution in [2.45, 2.75) is 45.7 Å². The summed E-state index contributed by atoms with van der Waals surface area (Å²) in [4.78, 5) is 12.9. The molecule has 2 atom stereocenters. The minimum Gasteiger partial charge on any atom is -0.339 e. The summed E-state index contributed by atoms with van der Waals surface area (Å²) in [6.07, 6.45) is 7.37. The normalized spacial score (nSPS) is 29.1. The molecule has 0 spiro atoms. The summed E-state index contributed by atoms with van der Waals surface area (Å²) in [7, 11) is 0. The summed E-state index contributed by atoms with van der Waals surface area (Å²) in [5.41, 5.74) is 0. The Morgan fingerprint density at radius 1 is 1.38 bits per heavy atom. The van der Waals surface area contributed by atoms with Crippen LogP contribution >= 0.6 is 0 Å². The van der Waals surface area contributed by atoms with Gasteiger partial charge in [-0.15, -0.1) is 0 Å². The van der Waals surface area contributed by atoms with Crippen LogP contribution in [0, 0.1) is 5.92 Å². The Morgan fingerprint density at radius 2 is 2.00 bits per heavy atom. The molecule has 0 aromatic carbocycles. The van der Waals surface area contributed by atoms with Crippen LogP contribution in [0.25, 0.3) is 0 Å². The lowest BCUT2D eigenvalue weighted by molar-refractivity contribution is -0.123. The molecule has 1 heterocycles. The second-order valence-corrected chi connectivity index (χ2v) is 4.16. The molecule has 2 heteroatoms. The lowest BCUT2D eigenvalue weighted by Crippen LogP contribution is -2.42. The van der Waals surface area contributed by atoms with Gasteiger partial charge < -0.3 is 4.90 Å². The predicted octanol–water partition coefficient (Wildman–Crippen LogP) is 2.21. The highest BCUT2D eigenvalue weighted by Gasteiger charge is 2.24. The fraction of sp³-hybridized carbons (Fsp3) is 0.727. The number of carbonyl (C=O) groups is 1. The molecule has 74 valence electrons. The molecule has 1 rings (SSSR count). The third-order valence-electron chi connectivity index (χ3n) is 2.80. The van der Waals surface area contributed by atoms with E-state index in [-0.39, 0.29) is 0 Å². The average molecular weight is 181 g/mol. The lowest BCUT2D eigenvalue weighted by Gasteiger charge is -2.33. The third-order valence-corrected chi connectivity index (χ3v) is 2.80. The van der Waals surface area contributed by atoms with Crippen molar-refractivity contribution in [3.63, 3.8) is 0 Å². The molecule has 0 saturated carbocycles. The highest BCUT2D eigenvalue weighted by molar-refractivity contribution is 5.49. The van der Waals surface area contributed by atoms with Gasteiger partial charge in [0.2, 0.25) is 6.41 Å². The maximum absolute atomic E-state index is 10.9. The van der Waals surface area contributed by atoms with Crippen LogP contribution in [0.4, 0.5) is 0 Å². The number of amides is 1. The molecule has 1 aliphatic rings. The van der Waals surface area contributed by atoms with Gasteiger partial charge in [-0.05, 0) is 25.7 Å². The molecule has 0 N–H and O–H groups in total. The smallest absolute Gasteiger partial charge is 0.210 e. The zero-order valence-electron chi connectivity index (χ0n) is 8.73. The van der Waals surface area contributed by atoms with Gasteiger partial charge in [-0.2, -0.15) is 0 Å². The minimum atomic E-state index is 0.351. The quantitative estimate of drug-likeness (QED) is 0.472. The number of nitrogens with zero attached hydrogens (tertiary/aromatic N) is 1. The summed E-state index contributed by atoms with van der Waals surface area (Å²) >= 11 is 0. The molecule has 0 radical (unpaired) electrons. The van der Waals surface area contributed by atoms with Crippen molar-refractivity contribution >= 4 is 6.41 Å². The van der Waals surface area contributed by atoms with Crippen LogP contribution in [-0.4, -0.2) is 23.4 Å². The van der Waals surface area contributed by atoms with Gasteiger partial charge in [0, 0.05) is 12.1 Å². The first-order valence-corrected chi connectivity index (χ1v) is 5.04. The maximum atomic E-state index is 10.9. The van der Waals surface area contributed by atoms with Crippen LogP contribution in [0.5, 0.6) is 0 Å². The Kier molecular flexibility index (Phi) is 3.52. The zero-order chi connectivity index (χ0) is 9.84. The van der Waals surface area contributed by atoms with Crippen LogP contribution in [0.2, 0.25) is 0 Å². The molecule has 2 nitrogen and oxygen atoms in total. The van der Waals surface area contributed by atoms with E-state index < -0.39 is 0 Å². The van der Waals surface area contributed by atoms with E-state index in [1.165, 1.54) is 0 Å². The Morgan fingerprint density at radius 3 is 2.54 bits per heavy atom. The SMILES string of the molecule is CC(C)[C@H]1CC=CCC(C)N1C=O. The first-order chi connectivity index (χ1) is 6.16. The maximum Gasteiger partial charge on any atom is 0.210 e. The predicted molar refractivity (Wildman–Crippen MR) is 54.4 cm³/mol. The van der Waals surface area contributed by atoms with Crippen molar-refractivity contribution in [1.82, 2.24) is 4.90 Å². The largest absolute Gasteiger partial charge is 0.339 e. The average Bonchev–Trinajstić information content (AvgIpc) is 2.26. The second kappa shape index (κ2) is 4.45. The first-order valence-electron chi connectivity index (χ1n) is 5.04. The number of hydrogen-bond donors (Lipinski definition) is 0. The van der Waals surface area contributed by atoms with Crippen molar-refractivity contribution in [3.05, 3.63) is 12.2 Å². The molecular weight excluding hydrogens is 162 g/mol. The van der Waals surface area contributed by atoms with E-state index in [1.54, 1.807) is 0 Å². The molecule has 0 aromatic heterocycles. The summed E-state index contributed by atoms with van der Waals surface area (Å²) in [6, 6.07) is 0.731. The highest BCUT2D eigenvalue weighted by atomic mass is 16.1. The van der Waals surface area contributed by atoms with E-state index in [1.807, 2.05) is 4.90 Å². The minimum absolute atomic E-state index is 0.351. The van der Waals surface area contributed by atoms with Crippen LogP contribution < -0.4 is 0 Å². The summed E-state index contributed by atoms with van der Waals surface area (Å²) in [5.74, 6) is 0.537. The molecule has 0 aliphatic carbocycles. The summed E-state index contributed by atoms with van der Waals surface area (Å²) < 4.78 is 0. The van der Waals surface area contributed by atoms with E-state index in [4.69, 9.17) is 0 Å². The topological polar surface area (TPSA) is 20.3 Å². The van der Waals surface area contributed by atoms with Gasteiger partial charge in [0.25, 0.3) is 0 Å². The van der Waals surface area contributed by atoms with Crippen LogP contribution in [0.3, 0.4) is 0 Å².